The number of hydrogen-bond donors (Lipinski definition) is 1. The predicted molar refractivity (Wildman–Crippen MR) is 80.2 cm³/mol. The lowest BCUT2D eigenvalue weighted by molar-refractivity contribution is -0.142. The molecular formula is C16H23N3O2. The lowest BCUT2D eigenvalue weighted by Crippen LogP contribution is -2.24. The molecule has 0 spiro atoms. The molecular weight excluding hydrogens is 266 g/mol. The molecule has 0 radical (unpaired) electrons. The number of aryl methyl sites for hydroxylation is 1. The van der Waals surface area contributed by atoms with Crippen LogP contribution >= 0.6 is 0 Å². The van der Waals surface area contributed by atoms with Crippen molar-refractivity contribution in [1.29, 1.82) is 0 Å². The first-order valence-electron chi connectivity index (χ1n) is 7.97. The van der Waals surface area contributed by atoms with Crippen molar-refractivity contribution >= 4 is 11.8 Å². The molecule has 0 unspecified atom stereocenters. The highest BCUT2D eigenvalue weighted by atomic mass is 16.4. The van der Waals surface area contributed by atoms with Crippen LogP contribution in [-0.4, -0.2) is 34.1 Å². The van der Waals surface area contributed by atoms with E-state index in [1.807, 2.05) is 6.07 Å². The monoisotopic (exact) mass is 289 g/mol. The van der Waals surface area contributed by atoms with Crippen molar-refractivity contribution < 1.29 is 9.90 Å². The Labute approximate surface area is 125 Å². The zero-order valence-corrected chi connectivity index (χ0v) is 12.5. The number of carboxylic acid groups (broad SMARTS) is 1. The zero-order valence-electron chi connectivity index (χ0n) is 12.5. The Kier molecular flexibility index (Phi) is 4.08. The maximum absolute atomic E-state index is 11.5. The van der Waals surface area contributed by atoms with Crippen LogP contribution in [0.15, 0.2) is 12.4 Å². The number of unbranched alkanes of at least 4 members (excludes halogenated alkanes) is 1. The van der Waals surface area contributed by atoms with Crippen LogP contribution in [0.2, 0.25) is 0 Å². The van der Waals surface area contributed by atoms with Crippen LogP contribution < -0.4 is 4.90 Å². The SMILES string of the molecule is CCCCc1cc(N2C[C@H](C(=O)O)[C@@H](C3CC3)C2)ncn1. The smallest absolute Gasteiger partial charge is 0.308 e. The van der Waals surface area contributed by atoms with Crippen molar-refractivity contribution in [2.75, 3.05) is 18.0 Å². The van der Waals surface area contributed by atoms with E-state index in [1.165, 1.54) is 12.8 Å². The van der Waals surface area contributed by atoms with Crippen LogP contribution in [0.3, 0.4) is 0 Å². The lowest BCUT2D eigenvalue weighted by atomic mass is 9.92. The van der Waals surface area contributed by atoms with E-state index in [0.29, 0.717) is 12.5 Å². The minimum atomic E-state index is -0.658. The Morgan fingerprint density at radius 1 is 1.38 bits per heavy atom. The van der Waals surface area contributed by atoms with Crippen LogP contribution in [0.25, 0.3) is 0 Å². The fourth-order valence-electron chi connectivity index (χ4n) is 3.33. The Hall–Kier alpha value is -1.65. The molecule has 2 atom stereocenters. The Morgan fingerprint density at radius 2 is 2.19 bits per heavy atom. The molecule has 2 fully saturated rings. The summed E-state index contributed by atoms with van der Waals surface area (Å²) in [6, 6.07) is 2.03. The normalized spacial score (nSPS) is 25.3. The van der Waals surface area contributed by atoms with Gasteiger partial charge in [-0.25, -0.2) is 9.97 Å². The van der Waals surface area contributed by atoms with Gasteiger partial charge in [0.1, 0.15) is 12.1 Å². The van der Waals surface area contributed by atoms with Crippen LogP contribution in [0.1, 0.15) is 38.3 Å². The molecule has 1 aliphatic heterocycles. The van der Waals surface area contributed by atoms with Gasteiger partial charge >= 0.3 is 5.97 Å². The van der Waals surface area contributed by atoms with E-state index in [2.05, 4.69) is 21.8 Å². The van der Waals surface area contributed by atoms with Crippen molar-refractivity contribution in [1.82, 2.24) is 9.97 Å². The average Bonchev–Trinajstić information content (AvgIpc) is 3.23. The predicted octanol–water partition coefficient (Wildman–Crippen LogP) is 2.37. The van der Waals surface area contributed by atoms with Gasteiger partial charge in [-0.3, -0.25) is 4.79 Å². The summed E-state index contributed by atoms with van der Waals surface area (Å²) in [5.41, 5.74) is 1.06. The number of hydrogen-bond acceptors (Lipinski definition) is 4. The first-order chi connectivity index (χ1) is 10.2. The second-order valence-corrected chi connectivity index (χ2v) is 6.32. The van der Waals surface area contributed by atoms with Crippen LogP contribution in [0, 0.1) is 17.8 Å². The lowest BCUT2D eigenvalue weighted by Gasteiger charge is -2.17. The van der Waals surface area contributed by atoms with Crippen molar-refractivity contribution in [3.8, 4) is 0 Å². The average molecular weight is 289 g/mol. The first-order valence-corrected chi connectivity index (χ1v) is 7.97. The maximum Gasteiger partial charge on any atom is 0.308 e. The highest BCUT2D eigenvalue weighted by Crippen LogP contribution is 2.44. The molecule has 21 heavy (non-hydrogen) atoms. The summed E-state index contributed by atoms with van der Waals surface area (Å²) in [4.78, 5) is 22.3. The van der Waals surface area contributed by atoms with E-state index in [9.17, 15) is 9.90 Å². The fraction of sp³-hybridized carbons (Fsp3) is 0.688. The Balaban J connectivity index is 1.73. The van der Waals surface area contributed by atoms with Crippen molar-refractivity contribution in [2.24, 2.45) is 17.8 Å². The Morgan fingerprint density at radius 3 is 2.86 bits per heavy atom. The highest BCUT2D eigenvalue weighted by Gasteiger charge is 2.45. The highest BCUT2D eigenvalue weighted by molar-refractivity contribution is 5.72. The van der Waals surface area contributed by atoms with Crippen LogP contribution in [-0.2, 0) is 11.2 Å². The summed E-state index contributed by atoms with van der Waals surface area (Å²) in [7, 11) is 0. The zero-order chi connectivity index (χ0) is 14.8. The van der Waals surface area contributed by atoms with Crippen molar-refractivity contribution in [2.45, 2.75) is 39.0 Å². The molecule has 0 aromatic carbocycles. The molecule has 114 valence electrons. The number of aliphatic carboxylic acids is 1. The minimum Gasteiger partial charge on any atom is -0.481 e. The Bertz CT molecular complexity index is 516. The largest absolute Gasteiger partial charge is 0.481 e. The molecule has 1 N–H and O–H groups in total. The van der Waals surface area contributed by atoms with E-state index < -0.39 is 5.97 Å². The first kappa shape index (κ1) is 14.3. The molecule has 1 saturated carbocycles. The summed E-state index contributed by atoms with van der Waals surface area (Å²) in [6.45, 7) is 3.58. The summed E-state index contributed by atoms with van der Waals surface area (Å²) in [5.74, 6) is 0.890. The standard InChI is InChI=1S/C16H23N3O2/c1-2-3-4-12-7-15(18-10-17-12)19-8-13(11-5-6-11)14(9-19)16(20)21/h7,10-11,13-14H,2-6,8-9H2,1H3,(H,20,21)/t13-,14+/m1/s1. The molecule has 1 aromatic rings. The van der Waals surface area contributed by atoms with E-state index in [-0.39, 0.29) is 11.8 Å². The summed E-state index contributed by atoms with van der Waals surface area (Å²) in [6.07, 6.45) is 7.23. The van der Waals surface area contributed by atoms with E-state index in [1.54, 1.807) is 6.33 Å². The third-order valence-electron chi connectivity index (χ3n) is 4.73. The molecule has 3 rings (SSSR count). The summed E-state index contributed by atoms with van der Waals surface area (Å²) >= 11 is 0. The second kappa shape index (κ2) is 6.00. The van der Waals surface area contributed by atoms with Gasteiger partial charge in [0.2, 0.25) is 0 Å². The number of nitrogens with zero attached hydrogens (tertiary/aromatic N) is 3. The maximum atomic E-state index is 11.5. The minimum absolute atomic E-state index is 0.244. The number of carbonyl (C=O) groups is 1. The van der Waals surface area contributed by atoms with Crippen molar-refractivity contribution in [3.05, 3.63) is 18.1 Å². The summed E-state index contributed by atoms with van der Waals surface area (Å²) < 4.78 is 0. The molecule has 0 bridgehead atoms. The van der Waals surface area contributed by atoms with E-state index in [0.717, 1.165) is 37.3 Å². The summed E-state index contributed by atoms with van der Waals surface area (Å²) in [5, 5.41) is 9.44. The molecule has 5 nitrogen and oxygen atoms in total. The molecule has 2 heterocycles. The van der Waals surface area contributed by atoms with Gasteiger partial charge < -0.3 is 10.0 Å². The van der Waals surface area contributed by atoms with Crippen LogP contribution in [0.5, 0.6) is 0 Å². The van der Waals surface area contributed by atoms with Crippen LogP contribution in [0.4, 0.5) is 5.82 Å². The molecule has 5 heteroatoms. The number of rotatable bonds is 6. The van der Waals surface area contributed by atoms with Crippen molar-refractivity contribution in [3.63, 3.8) is 0 Å². The van der Waals surface area contributed by atoms with E-state index in [4.69, 9.17) is 0 Å². The number of aromatic nitrogens is 2. The third kappa shape index (κ3) is 3.17. The van der Waals surface area contributed by atoms with Gasteiger partial charge in [0.15, 0.2) is 0 Å². The molecule has 1 aliphatic carbocycles. The fourth-order valence-corrected chi connectivity index (χ4v) is 3.33. The third-order valence-corrected chi connectivity index (χ3v) is 4.73. The topological polar surface area (TPSA) is 66.3 Å². The molecule has 1 aromatic heterocycles. The van der Waals surface area contributed by atoms with Gasteiger partial charge in [-0.05, 0) is 37.5 Å². The van der Waals surface area contributed by atoms with Gasteiger partial charge in [-0.15, -0.1) is 0 Å². The quantitative estimate of drug-likeness (QED) is 0.871. The van der Waals surface area contributed by atoms with Gasteiger partial charge in [0.25, 0.3) is 0 Å². The number of anilines is 1. The molecule has 1 saturated heterocycles. The molecule has 0 amide bonds. The van der Waals surface area contributed by atoms with Gasteiger partial charge in [0.05, 0.1) is 5.92 Å². The van der Waals surface area contributed by atoms with Gasteiger partial charge in [-0.1, -0.05) is 13.3 Å². The molecule has 2 aliphatic rings. The van der Waals surface area contributed by atoms with E-state index >= 15 is 0 Å². The van der Waals surface area contributed by atoms with Gasteiger partial charge in [-0.2, -0.15) is 0 Å². The number of carboxylic acids is 1. The second-order valence-electron chi connectivity index (χ2n) is 6.32. The van der Waals surface area contributed by atoms with Gasteiger partial charge in [0, 0.05) is 24.8 Å².